The average molecular weight is 880 g/mol. The van der Waals surface area contributed by atoms with Gasteiger partial charge in [0.15, 0.2) is 11.6 Å². The smallest absolute Gasteiger partial charge is 0.202 e. The molecule has 1 unspecified atom stereocenters. The Morgan fingerprint density at radius 2 is 1.05 bits per heavy atom. The Morgan fingerprint density at radius 1 is 0.762 bits per heavy atom. The molecular formula is C55H97N3O5. The van der Waals surface area contributed by atoms with Gasteiger partial charge in [-0.05, 0) is 125 Å². The van der Waals surface area contributed by atoms with Crippen LogP contribution in [0, 0.1) is 30.6 Å². The van der Waals surface area contributed by atoms with Crippen molar-refractivity contribution >= 4 is 17.3 Å². The van der Waals surface area contributed by atoms with Crippen molar-refractivity contribution in [2.45, 2.75) is 101 Å². The molecule has 0 bridgehead atoms. The number of Topliss-reactive ketones (excluding diaryl/α,β-unsaturated/α-hetero) is 1. The predicted octanol–water partition coefficient (Wildman–Crippen LogP) is 12.0. The number of carbonyl (C=O) groups is 3. The molecule has 4 fully saturated rings. The highest BCUT2D eigenvalue weighted by Gasteiger charge is 2.13. The summed E-state index contributed by atoms with van der Waals surface area (Å²) in [6.07, 6.45) is 35.6. The van der Waals surface area contributed by atoms with Crippen LogP contribution in [-0.4, -0.2) is 118 Å². The van der Waals surface area contributed by atoms with Gasteiger partial charge in [0.25, 0.3) is 0 Å². The summed E-state index contributed by atoms with van der Waals surface area (Å²) in [5.74, 6) is 4.72. The molecule has 8 heteroatoms. The van der Waals surface area contributed by atoms with Gasteiger partial charge >= 0.3 is 0 Å². The van der Waals surface area contributed by atoms with Crippen molar-refractivity contribution < 1.29 is 23.9 Å². The van der Waals surface area contributed by atoms with Gasteiger partial charge in [0, 0.05) is 46.3 Å². The van der Waals surface area contributed by atoms with Crippen LogP contribution in [0.2, 0.25) is 0 Å². The molecule has 4 aliphatic heterocycles. The number of carbonyl (C=O) groups excluding carboxylic acids is 3. The van der Waals surface area contributed by atoms with Crippen molar-refractivity contribution in [3.63, 3.8) is 0 Å². The molecule has 63 heavy (non-hydrogen) atoms. The number of hydrogen-bond donors (Lipinski definition) is 0. The number of likely N-dealkylation sites (tertiary alicyclic amines) is 1. The fraction of sp³-hybridized carbons (Fsp3) is 0.509. The monoisotopic (exact) mass is 880 g/mol. The van der Waals surface area contributed by atoms with Crippen molar-refractivity contribution in [2.75, 3.05) is 80.2 Å². The third kappa shape index (κ3) is 158. The molecule has 362 valence electrons. The first-order chi connectivity index (χ1) is 29.9. The molecule has 4 saturated heterocycles. The van der Waals surface area contributed by atoms with Crippen LogP contribution in [0.3, 0.4) is 0 Å². The molecule has 0 aliphatic carbocycles. The van der Waals surface area contributed by atoms with Gasteiger partial charge in [0.1, 0.15) is 0 Å². The van der Waals surface area contributed by atoms with Crippen molar-refractivity contribution in [1.29, 1.82) is 0 Å². The zero-order valence-corrected chi connectivity index (χ0v) is 43.0. The number of rotatable bonds is 12. The van der Waals surface area contributed by atoms with Crippen LogP contribution in [0.15, 0.2) is 126 Å². The molecule has 0 aromatic rings. The molecule has 8 nitrogen and oxygen atoms in total. The van der Waals surface area contributed by atoms with E-state index in [1.165, 1.54) is 71.9 Å². The molecule has 0 saturated carbocycles. The molecule has 0 radical (unpaired) electrons. The first-order valence-corrected chi connectivity index (χ1v) is 21.6. The summed E-state index contributed by atoms with van der Waals surface area (Å²) >= 11 is 0. The Hall–Kier alpha value is -4.67. The molecule has 1 atom stereocenters. The number of ether oxygens (including phenoxy) is 2. The standard InChI is InChI=1S/C8H14.C7H13N.C6H8O.C5H8.C4H9N.C4H6O.C4H4O.C3H7N.2C3H6O.C3H6.C3H4.C2H6/c2*1-4-6-8(3)7-5-2;1-3-4-5-6(2)7;1-3-5-4-2;1-5-3-2-4-5;2*1-3-4(2)5;1-4-2-3-4;1-3-2-4-3;1-2-4-3-1;2*1-3-2;1-2/h4-5,8H,1-2,6-7H2,3H3;4-5H,1-2,6-7H2,3H3;3-5H,1H2,2H3;3-5H,1H2,2H3;2-4H2,1H3;3H,1H2,2H3;1H,2H3;2-3H2,1H3;3H,2H2,1H3;1-3H2;3H,1H2,2H3;1H,2H3;1-2H3. The van der Waals surface area contributed by atoms with Gasteiger partial charge in [0.05, 0.1) is 12.7 Å². The Morgan fingerprint density at radius 3 is 1.13 bits per heavy atom. The van der Waals surface area contributed by atoms with Gasteiger partial charge in [-0.25, -0.2) is 0 Å². The minimum Gasteiger partial charge on any atom is -0.381 e. The Labute approximate surface area is 392 Å². The summed E-state index contributed by atoms with van der Waals surface area (Å²) in [6.45, 7) is 56.1. The third-order valence-corrected chi connectivity index (χ3v) is 6.13. The second-order valence-electron chi connectivity index (χ2n) is 13.2. The number of terminal acetylenes is 2. The van der Waals surface area contributed by atoms with Crippen LogP contribution in [0.4, 0.5) is 0 Å². The first-order valence-electron chi connectivity index (χ1n) is 21.6. The molecule has 4 rings (SSSR count). The van der Waals surface area contributed by atoms with E-state index in [0.717, 1.165) is 51.7 Å². The quantitative estimate of drug-likeness (QED) is 0.0479. The summed E-state index contributed by atoms with van der Waals surface area (Å²) < 4.78 is 9.43. The fourth-order valence-corrected chi connectivity index (χ4v) is 2.34. The topological polar surface area (TPSA) is 82.5 Å². The number of hydrogen-bond acceptors (Lipinski definition) is 8. The van der Waals surface area contributed by atoms with Crippen LogP contribution in [0.25, 0.3) is 0 Å². The van der Waals surface area contributed by atoms with Crippen molar-refractivity contribution in [3.8, 4) is 24.7 Å². The van der Waals surface area contributed by atoms with E-state index in [1.54, 1.807) is 31.2 Å². The van der Waals surface area contributed by atoms with E-state index in [1.807, 2.05) is 77.1 Å². The molecule has 4 aliphatic rings. The zero-order valence-electron chi connectivity index (χ0n) is 43.0. The molecule has 0 spiro atoms. The lowest BCUT2D eigenvalue weighted by Gasteiger charge is -2.24. The Balaban J connectivity index is -0.0000000726. The molecular weight excluding hydrogens is 783 g/mol. The summed E-state index contributed by atoms with van der Waals surface area (Å²) in [6, 6.07) is 0. The van der Waals surface area contributed by atoms with Crippen LogP contribution in [0.1, 0.15) is 94.9 Å². The van der Waals surface area contributed by atoms with E-state index in [0.29, 0.717) is 6.10 Å². The third-order valence-electron chi connectivity index (χ3n) is 6.13. The van der Waals surface area contributed by atoms with Crippen LogP contribution in [0.5, 0.6) is 0 Å². The van der Waals surface area contributed by atoms with E-state index in [9.17, 15) is 14.4 Å². The zero-order chi connectivity index (χ0) is 51.1. The van der Waals surface area contributed by atoms with Crippen LogP contribution < -0.4 is 0 Å². The van der Waals surface area contributed by atoms with E-state index in [4.69, 9.17) is 9.47 Å². The van der Waals surface area contributed by atoms with Crippen molar-refractivity contribution in [1.82, 2.24) is 14.7 Å². The number of allylic oxidation sites excluding steroid dienone is 10. The molecule has 4 heterocycles. The van der Waals surface area contributed by atoms with Gasteiger partial charge in [-0.3, -0.25) is 19.3 Å². The van der Waals surface area contributed by atoms with Gasteiger partial charge in [-0.2, -0.15) is 0 Å². The second kappa shape index (κ2) is 77.9. The van der Waals surface area contributed by atoms with Gasteiger partial charge < -0.3 is 19.3 Å². The molecule has 0 N–H and O–H groups in total. The molecule has 0 aromatic carbocycles. The minimum atomic E-state index is -0.218. The Kier molecular flexibility index (Phi) is 97.4. The fourth-order valence-electron chi connectivity index (χ4n) is 2.34. The average Bonchev–Trinajstić information content (AvgIpc) is 4.16. The predicted molar refractivity (Wildman–Crippen MR) is 284 cm³/mol. The highest BCUT2D eigenvalue weighted by Crippen LogP contribution is 2.06. The second-order valence-corrected chi connectivity index (χ2v) is 13.2. The van der Waals surface area contributed by atoms with E-state index >= 15 is 0 Å². The normalized spacial score (nSPS) is 13.3. The van der Waals surface area contributed by atoms with Gasteiger partial charge in [0.2, 0.25) is 5.78 Å². The summed E-state index contributed by atoms with van der Waals surface area (Å²) in [5, 5.41) is 0. The van der Waals surface area contributed by atoms with E-state index in [2.05, 4.69) is 114 Å². The lowest BCUT2D eigenvalue weighted by atomic mass is 10.0. The number of ketones is 3. The van der Waals surface area contributed by atoms with Gasteiger partial charge in [-0.1, -0.05) is 101 Å². The van der Waals surface area contributed by atoms with Crippen molar-refractivity contribution in [2.24, 2.45) is 5.92 Å². The largest absolute Gasteiger partial charge is 0.381 e. The SMILES string of the molecule is C#CC.C#CC(C)=O.C1COC1.C=CC.C=CC(C)=O.C=CC=CC.C=CC=CC(C)=O.C=CCC(C)CC=C.C=CCN(C)CC=C.CC.CC1CO1.CN1CC1.CN1CCC1. The molecule has 0 aromatic heterocycles. The van der Waals surface area contributed by atoms with E-state index in [-0.39, 0.29) is 17.3 Å². The number of nitrogens with zero attached hydrogens (tertiary/aromatic N) is 3. The lowest BCUT2D eigenvalue weighted by molar-refractivity contribution is -0.113. The highest BCUT2D eigenvalue weighted by atomic mass is 16.6. The van der Waals surface area contributed by atoms with Crippen LogP contribution >= 0.6 is 0 Å². The first kappa shape index (κ1) is 78.8. The Bertz CT molecular complexity index is 1150. The maximum Gasteiger partial charge on any atom is 0.202 e. The molecule has 0 amide bonds. The van der Waals surface area contributed by atoms with Crippen LogP contribution in [-0.2, 0) is 23.9 Å². The van der Waals surface area contributed by atoms with E-state index < -0.39 is 0 Å². The summed E-state index contributed by atoms with van der Waals surface area (Å²) in [7, 11) is 6.28. The maximum atomic E-state index is 10.1. The minimum absolute atomic E-state index is 0.0185. The lowest BCUT2D eigenvalue weighted by Crippen LogP contribution is -2.32. The van der Waals surface area contributed by atoms with Gasteiger partial charge in [-0.15, -0.1) is 51.7 Å². The highest BCUT2D eigenvalue weighted by molar-refractivity contribution is 5.92. The number of epoxide rings is 1. The summed E-state index contributed by atoms with van der Waals surface area (Å²) in [5.41, 5.74) is 0. The number of likely N-dealkylation sites (N-methyl/N-ethyl adjacent to an activating group) is 2. The summed E-state index contributed by atoms with van der Waals surface area (Å²) in [4.78, 5) is 36.0. The van der Waals surface area contributed by atoms with Crippen molar-refractivity contribution in [3.05, 3.63) is 126 Å². The maximum absolute atomic E-state index is 10.1.